The quantitative estimate of drug-likeness (QED) is 0.856. The molecule has 108 valence electrons. The zero-order valence-corrected chi connectivity index (χ0v) is 12.4. The fraction of sp³-hybridized carbons (Fsp3) is 0.118. The molecule has 0 heterocycles. The fourth-order valence-electron chi connectivity index (χ4n) is 1.84. The van der Waals surface area contributed by atoms with Crippen LogP contribution in [0, 0.1) is 6.92 Å². The Morgan fingerprint density at radius 3 is 2.71 bits per heavy atom. The minimum absolute atomic E-state index is 0.461. The van der Waals surface area contributed by atoms with Gasteiger partial charge in [0.05, 0.1) is 5.02 Å². The number of benzene rings is 2. The predicted molar refractivity (Wildman–Crippen MR) is 85.2 cm³/mol. The first kappa shape index (κ1) is 15.1. The zero-order valence-electron chi connectivity index (χ0n) is 11.7. The maximum Gasteiger partial charge on any atom is 0.241 e. The van der Waals surface area contributed by atoms with E-state index in [-0.39, 0.29) is 0 Å². The van der Waals surface area contributed by atoms with E-state index in [0.717, 1.165) is 11.1 Å². The van der Waals surface area contributed by atoms with Crippen LogP contribution in [0.25, 0.3) is 6.08 Å². The summed E-state index contributed by atoms with van der Waals surface area (Å²) in [6, 6.07) is 13.4. The van der Waals surface area contributed by atoms with E-state index in [1.165, 1.54) is 11.6 Å². The van der Waals surface area contributed by atoms with Crippen LogP contribution >= 0.6 is 11.6 Å². The second-order valence-electron chi connectivity index (χ2n) is 4.64. The Hall–Kier alpha value is -2.26. The van der Waals surface area contributed by atoms with Crippen molar-refractivity contribution >= 4 is 23.6 Å². The molecule has 2 N–H and O–H groups in total. The molecule has 0 aliphatic carbocycles. The van der Waals surface area contributed by atoms with Crippen LogP contribution in [0.3, 0.4) is 0 Å². The van der Waals surface area contributed by atoms with Gasteiger partial charge in [0.2, 0.25) is 5.91 Å². The highest BCUT2D eigenvalue weighted by Gasteiger charge is 2.04. The number of amides is 1. The second-order valence-corrected chi connectivity index (χ2v) is 5.05. The summed E-state index contributed by atoms with van der Waals surface area (Å²) in [6.07, 6.45) is 2.90. The van der Waals surface area contributed by atoms with Crippen molar-refractivity contribution in [2.24, 2.45) is 5.73 Å². The van der Waals surface area contributed by atoms with Gasteiger partial charge in [0.25, 0.3) is 0 Å². The number of hydrogen-bond donors (Lipinski definition) is 1. The SMILES string of the molecule is Cc1ccccc1COc1ccc(/C=C/C(N)=O)cc1Cl. The van der Waals surface area contributed by atoms with E-state index < -0.39 is 5.91 Å². The number of carbonyl (C=O) groups is 1. The van der Waals surface area contributed by atoms with Gasteiger partial charge in [0.15, 0.2) is 0 Å². The lowest BCUT2D eigenvalue weighted by molar-refractivity contribution is -0.113. The van der Waals surface area contributed by atoms with Crippen molar-refractivity contribution in [2.75, 3.05) is 0 Å². The van der Waals surface area contributed by atoms with Gasteiger partial charge in [0.1, 0.15) is 12.4 Å². The normalized spacial score (nSPS) is 10.8. The molecule has 0 saturated heterocycles. The van der Waals surface area contributed by atoms with Gasteiger partial charge < -0.3 is 10.5 Å². The van der Waals surface area contributed by atoms with Gasteiger partial charge in [-0.2, -0.15) is 0 Å². The summed E-state index contributed by atoms with van der Waals surface area (Å²) in [5, 5.41) is 0.496. The summed E-state index contributed by atoms with van der Waals surface area (Å²) >= 11 is 6.18. The molecule has 0 bridgehead atoms. The molecule has 0 aliphatic rings. The lowest BCUT2D eigenvalue weighted by atomic mass is 10.1. The van der Waals surface area contributed by atoms with Gasteiger partial charge >= 0.3 is 0 Å². The molecule has 2 aromatic carbocycles. The van der Waals surface area contributed by atoms with E-state index in [1.807, 2.05) is 37.3 Å². The minimum atomic E-state index is -0.494. The van der Waals surface area contributed by atoms with Gasteiger partial charge in [-0.1, -0.05) is 41.9 Å². The Balaban J connectivity index is 2.08. The summed E-state index contributed by atoms with van der Waals surface area (Å²) in [4.78, 5) is 10.7. The lowest BCUT2D eigenvalue weighted by Gasteiger charge is -2.10. The summed E-state index contributed by atoms with van der Waals surface area (Å²) in [5.74, 6) is 0.113. The van der Waals surface area contributed by atoms with Gasteiger partial charge in [-0.05, 0) is 41.8 Å². The first-order valence-corrected chi connectivity index (χ1v) is 6.88. The van der Waals surface area contributed by atoms with Crippen LogP contribution in [-0.2, 0) is 11.4 Å². The number of carbonyl (C=O) groups excluding carboxylic acids is 1. The molecule has 0 spiro atoms. The standard InChI is InChI=1S/C17H16ClNO2/c1-12-4-2-3-5-14(12)11-21-16-8-6-13(10-15(16)18)7-9-17(19)20/h2-10H,11H2,1H3,(H2,19,20)/b9-7+. The first-order chi connectivity index (χ1) is 10.1. The highest BCUT2D eigenvalue weighted by molar-refractivity contribution is 6.32. The van der Waals surface area contributed by atoms with Crippen LogP contribution in [-0.4, -0.2) is 5.91 Å². The van der Waals surface area contributed by atoms with Crippen molar-refractivity contribution in [3.8, 4) is 5.75 Å². The average molecular weight is 302 g/mol. The van der Waals surface area contributed by atoms with E-state index in [2.05, 4.69) is 0 Å². The first-order valence-electron chi connectivity index (χ1n) is 6.50. The van der Waals surface area contributed by atoms with Gasteiger partial charge in [-0.3, -0.25) is 4.79 Å². The van der Waals surface area contributed by atoms with Gasteiger partial charge in [0, 0.05) is 6.08 Å². The molecule has 3 nitrogen and oxygen atoms in total. The smallest absolute Gasteiger partial charge is 0.241 e. The Morgan fingerprint density at radius 1 is 1.29 bits per heavy atom. The Bertz CT molecular complexity index is 680. The van der Waals surface area contributed by atoms with Crippen LogP contribution in [0.5, 0.6) is 5.75 Å². The topological polar surface area (TPSA) is 52.3 Å². The molecule has 4 heteroatoms. The van der Waals surface area contributed by atoms with E-state index in [1.54, 1.807) is 18.2 Å². The van der Waals surface area contributed by atoms with Crippen LogP contribution < -0.4 is 10.5 Å². The molecule has 0 aliphatic heterocycles. The zero-order chi connectivity index (χ0) is 15.2. The lowest BCUT2D eigenvalue weighted by Crippen LogP contribution is -2.05. The predicted octanol–water partition coefficient (Wildman–Crippen LogP) is 3.73. The number of primary amides is 1. The molecule has 0 radical (unpaired) electrons. The van der Waals surface area contributed by atoms with Crippen molar-refractivity contribution in [1.29, 1.82) is 0 Å². The van der Waals surface area contributed by atoms with E-state index in [4.69, 9.17) is 22.1 Å². The summed E-state index contributed by atoms with van der Waals surface area (Å²) in [7, 11) is 0. The summed E-state index contributed by atoms with van der Waals surface area (Å²) in [6.45, 7) is 2.50. The Labute approximate surface area is 129 Å². The molecule has 2 rings (SSSR count). The van der Waals surface area contributed by atoms with Crippen LogP contribution in [0.2, 0.25) is 5.02 Å². The summed E-state index contributed by atoms with van der Waals surface area (Å²) in [5.41, 5.74) is 8.14. The summed E-state index contributed by atoms with van der Waals surface area (Å²) < 4.78 is 5.74. The van der Waals surface area contributed by atoms with Crippen LogP contribution in [0.1, 0.15) is 16.7 Å². The molecule has 21 heavy (non-hydrogen) atoms. The number of aryl methyl sites for hydroxylation is 1. The maximum absolute atomic E-state index is 10.7. The molecule has 2 aromatic rings. The Kier molecular flexibility index (Phi) is 5.01. The number of halogens is 1. The third kappa shape index (κ3) is 4.36. The average Bonchev–Trinajstić information content (AvgIpc) is 2.45. The molecule has 0 atom stereocenters. The molecular weight excluding hydrogens is 286 g/mol. The van der Waals surface area contributed by atoms with Gasteiger partial charge in [-0.15, -0.1) is 0 Å². The number of ether oxygens (including phenoxy) is 1. The second kappa shape index (κ2) is 6.95. The van der Waals surface area contributed by atoms with E-state index in [0.29, 0.717) is 17.4 Å². The molecule has 0 fully saturated rings. The molecule has 1 amide bonds. The maximum atomic E-state index is 10.7. The fourth-order valence-corrected chi connectivity index (χ4v) is 2.09. The molecule has 0 saturated carbocycles. The van der Waals surface area contributed by atoms with Gasteiger partial charge in [-0.25, -0.2) is 0 Å². The number of hydrogen-bond acceptors (Lipinski definition) is 2. The largest absolute Gasteiger partial charge is 0.487 e. The van der Waals surface area contributed by atoms with E-state index in [9.17, 15) is 4.79 Å². The third-order valence-corrected chi connectivity index (χ3v) is 3.34. The molecule has 0 unspecified atom stereocenters. The molecular formula is C17H16ClNO2. The third-order valence-electron chi connectivity index (χ3n) is 3.04. The van der Waals surface area contributed by atoms with Crippen molar-refractivity contribution in [2.45, 2.75) is 13.5 Å². The van der Waals surface area contributed by atoms with Crippen molar-refractivity contribution in [1.82, 2.24) is 0 Å². The van der Waals surface area contributed by atoms with Crippen LogP contribution in [0.15, 0.2) is 48.5 Å². The van der Waals surface area contributed by atoms with E-state index >= 15 is 0 Å². The highest BCUT2D eigenvalue weighted by atomic mass is 35.5. The molecule has 0 aromatic heterocycles. The number of rotatable bonds is 5. The minimum Gasteiger partial charge on any atom is -0.487 e. The van der Waals surface area contributed by atoms with Crippen LogP contribution in [0.4, 0.5) is 0 Å². The highest BCUT2D eigenvalue weighted by Crippen LogP contribution is 2.27. The van der Waals surface area contributed by atoms with Crippen molar-refractivity contribution < 1.29 is 9.53 Å². The van der Waals surface area contributed by atoms with Crippen molar-refractivity contribution in [3.63, 3.8) is 0 Å². The number of nitrogens with two attached hydrogens (primary N) is 1. The van der Waals surface area contributed by atoms with Crippen molar-refractivity contribution in [3.05, 3.63) is 70.3 Å². The Morgan fingerprint density at radius 2 is 2.05 bits per heavy atom. The monoisotopic (exact) mass is 301 g/mol.